The lowest BCUT2D eigenvalue weighted by molar-refractivity contribution is 0.0696. The summed E-state index contributed by atoms with van der Waals surface area (Å²) in [5.74, 6) is -0.172. The largest absolute Gasteiger partial charge is 0.478 e. The molecule has 35 heavy (non-hydrogen) atoms. The van der Waals surface area contributed by atoms with E-state index in [-0.39, 0.29) is 12.0 Å². The fourth-order valence-electron chi connectivity index (χ4n) is 5.92. The maximum atomic E-state index is 11.9. The Bertz CT molecular complexity index is 1380. The summed E-state index contributed by atoms with van der Waals surface area (Å²) in [4.78, 5) is 11.9. The summed E-state index contributed by atoms with van der Waals surface area (Å²) in [6.07, 6.45) is 2.05. The number of aromatic carboxylic acids is 1. The molecular formula is C32H33NO2. The molecule has 0 saturated heterocycles. The van der Waals surface area contributed by atoms with Crippen molar-refractivity contribution < 1.29 is 9.90 Å². The van der Waals surface area contributed by atoms with Crippen molar-refractivity contribution in [1.29, 1.82) is 0 Å². The standard InChI is InChI=1S/C32H33NO2/c1-20-15-21(2)30(32(34)35)18-29(20)31-17-23(16-25-10-5-7-13-28(25)31)19-33-22(3)26-14-8-11-24-9-4-6-12-27(24)26/h4-15,18,22-23,31,33H,16-17,19H2,1-3H3,(H,34,35)/t22-,23?,31?/m1/s1. The lowest BCUT2D eigenvalue weighted by Crippen LogP contribution is -2.31. The van der Waals surface area contributed by atoms with Gasteiger partial charge in [-0.1, -0.05) is 72.8 Å². The SMILES string of the molecule is Cc1cc(C)c(C2CC(CN[C@H](C)c3cccc4ccccc34)Cc3ccccc32)cc1C(=O)O. The van der Waals surface area contributed by atoms with E-state index in [0.717, 1.165) is 30.5 Å². The molecular weight excluding hydrogens is 430 g/mol. The molecule has 4 aromatic rings. The fourth-order valence-corrected chi connectivity index (χ4v) is 5.92. The molecule has 0 saturated carbocycles. The summed E-state index contributed by atoms with van der Waals surface area (Å²) < 4.78 is 0. The fraction of sp³-hybridized carbons (Fsp3) is 0.281. The Morgan fingerprint density at radius 2 is 1.69 bits per heavy atom. The van der Waals surface area contributed by atoms with Gasteiger partial charge in [-0.3, -0.25) is 0 Å². The second kappa shape index (κ2) is 9.67. The van der Waals surface area contributed by atoms with E-state index in [4.69, 9.17) is 0 Å². The molecule has 1 aliphatic carbocycles. The zero-order valence-corrected chi connectivity index (χ0v) is 20.7. The van der Waals surface area contributed by atoms with Gasteiger partial charge >= 0.3 is 5.97 Å². The van der Waals surface area contributed by atoms with Crippen LogP contribution in [0.15, 0.2) is 78.9 Å². The first-order valence-electron chi connectivity index (χ1n) is 12.6. The van der Waals surface area contributed by atoms with Crippen molar-refractivity contribution in [3.05, 3.63) is 118 Å². The van der Waals surface area contributed by atoms with Gasteiger partial charge in [0.2, 0.25) is 0 Å². The molecule has 5 rings (SSSR count). The third-order valence-electron chi connectivity index (χ3n) is 7.73. The molecule has 3 nitrogen and oxygen atoms in total. The van der Waals surface area contributed by atoms with Gasteiger partial charge in [-0.15, -0.1) is 0 Å². The summed E-state index contributed by atoms with van der Waals surface area (Å²) in [5.41, 5.74) is 7.60. The van der Waals surface area contributed by atoms with Crippen molar-refractivity contribution >= 4 is 16.7 Å². The van der Waals surface area contributed by atoms with Crippen molar-refractivity contribution in [1.82, 2.24) is 5.32 Å². The third-order valence-corrected chi connectivity index (χ3v) is 7.73. The van der Waals surface area contributed by atoms with Gasteiger partial charge in [0, 0.05) is 12.0 Å². The molecule has 3 atom stereocenters. The number of carboxylic acid groups (broad SMARTS) is 1. The molecule has 3 heteroatoms. The molecule has 0 aromatic heterocycles. The number of hydrogen-bond donors (Lipinski definition) is 2. The van der Waals surface area contributed by atoms with Crippen LogP contribution in [-0.4, -0.2) is 17.6 Å². The number of hydrogen-bond acceptors (Lipinski definition) is 2. The summed E-state index contributed by atoms with van der Waals surface area (Å²) in [6, 6.07) is 28.0. The number of benzene rings is 4. The highest BCUT2D eigenvalue weighted by Crippen LogP contribution is 2.41. The first kappa shape index (κ1) is 23.3. The molecule has 0 amide bonds. The van der Waals surface area contributed by atoms with Gasteiger partial charge in [-0.2, -0.15) is 0 Å². The molecule has 1 aliphatic rings. The predicted molar refractivity (Wildman–Crippen MR) is 143 cm³/mol. The monoisotopic (exact) mass is 463 g/mol. The highest BCUT2D eigenvalue weighted by molar-refractivity contribution is 5.90. The minimum atomic E-state index is -0.852. The maximum absolute atomic E-state index is 11.9. The lowest BCUT2D eigenvalue weighted by atomic mass is 9.72. The van der Waals surface area contributed by atoms with E-state index < -0.39 is 5.97 Å². The molecule has 0 spiro atoms. The normalized spacial score (nSPS) is 18.3. The maximum Gasteiger partial charge on any atom is 0.335 e. The summed E-state index contributed by atoms with van der Waals surface area (Å²) >= 11 is 0. The van der Waals surface area contributed by atoms with Crippen molar-refractivity contribution in [3.63, 3.8) is 0 Å². The first-order valence-corrected chi connectivity index (χ1v) is 12.6. The molecule has 0 radical (unpaired) electrons. The van der Waals surface area contributed by atoms with Gasteiger partial charge in [-0.05, 0) is 96.3 Å². The first-order chi connectivity index (χ1) is 16.9. The predicted octanol–water partition coefficient (Wildman–Crippen LogP) is 7.20. The van der Waals surface area contributed by atoms with Crippen LogP contribution in [0.4, 0.5) is 0 Å². The Balaban J connectivity index is 1.41. The van der Waals surface area contributed by atoms with Gasteiger partial charge in [0.05, 0.1) is 5.56 Å². The Hall–Kier alpha value is -3.43. The van der Waals surface area contributed by atoms with E-state index in [1.807, 2.05) is 19.1 Å². The van der Waals surface area contributed by atoms with Gasteiger partial charge in [0.15, 0.2) is 0 Å². The van der Waals surface area contributed by atoms with Crippen molar-refractivity contribution in [3.8, 4) is 0 Å². The van der Waals surface area contributed by atoms with E-state index in [0.29, 0.717) is 11.5 Å². The third kappa shape index (κ3) is 4.61. The highest BCUT2D eigenvalue weighted by atomic mass is 16.4. The molecule has 0 aliphatic heterocycles. The van der Waals surface area contributed by atoms with Crippen LogP contribution < -0.4 is 5.32 Å². The average molecular weight is 464 g/mol. The summed E-state index contributed by atoms with van der Waals surface area (Å²) in [7, 11) is 0. The van der Waals surface area contributed by atoms with Crippen LogP contribution in [0, 0.1) is 19.8 Å². The van der Waals surface area contributed by atoms with E-state index >= 15 is 0 Å². The Morgan fingerprint density at radius 1 is 0.943 bits per heavy atom. The van der Waals surface area contributed by atoms with E-state index in [1.54, 1.807) is 0 Å². The van der Waals surface area contributed by atoms with Crippen LogP contribution in [0.3, 0.4) is 0 Å². The number of fused-ring (bicyclic) bond motifs is 2. The Kier molecular flexibility index (Phi) is 6.44. The second-order valence-electron chi connectivity index (χ2n) is 10.1. The lowest BCUT2D eigenvalue weighted by Gasteiger charge is -2.34. The molecule has 2 N–H and O–H groups in total. The topological polar surface area (TPSA) is 49.3 Å². The molecule has 2 unspecified atom stereocenters. The number of rotatable bonds is 6. The summed E-state index contributed by atoms with van der Waals surface area (Å²) in [5, 5.41) is 16.1. The summed E-state index contributed by atoms with van der Waals surface area (Å²) in [6.45, 7) is 7.17. The van der Waals surface area contributed by atoms with Crippen LogP contribution in [0.5, 0.6) is 0 Å². The molecule has 4 aromatic carbocycles. The second-order valence-corrected chi connectivity index (χ2v) is 10.1. The highest BCUT2D eigenvalue weighted by Gasteiger charge is 2.30. The van der Waals surface area contributed by atoms with Crippen molar-refractivity contribution in [2.45, 2.75) is 45.6 Å². The number of carbonyl (C=O) groups is 1. The Morgan fingerprint density at radius 3 is 2.51 bits per heavy atom. The number of aryl methyl sites for hydroxylation is 2. The van der Waals surface area contributed by atoms with Crippen LogP contribution >= 0.6 is 0 Å². The smallest absolute Gasteiger partial charge is 0.335 e. The van der Waals surface area contributed by atoms with Gasteiger partial charge in [0.1, 0.15) is 0 Å². The van der Waals surface area contributed by atoms with Gasteiger partial charge in [-0.25, -0.2) is 4.79 Å². The van der Waals surface area contributed by atoms with Gasteiger partial charge < -0.3 is 10.4 Å². The average Bonchev–Trinajstić information content (AvgIpc) is 2.86. The van der Waals surface area contributed by atoms with E-state index in [9.17, 15) is 9.90 Å². The number of nitrogens with one attached hydrogen (secondary N) is 1. The molecule has 0 fully saturated rings. The Labute approximate surface area is 207 Å². The molecule has 178 valence electrons. The van der Waals surface area contributed by atoms with E-state index in [1.165, 1.54) is 33.0 Å². The van der Waals surface area contributed by atoms with Crippen LogP contribution in [0.2, 0.25) is 0 Å². The van der Waals surface area contributed by atoms with Crippen LogP contribution in [-0.2, 0) is 6.42 Å². The van der Waals surface area contributed by atoms with Gasteiger partial charge in [0.25, 0.3) is 0 Å². The van der Waals surface area contributed by atoms with E-state index in [2.05, 4.69) is 85.9 Å². The van der Waals surface area contributed by atoms with Crippen molar-refractivity contribution in [2.24, 2.45) is 5.92 Å². The minimum absolute atomic E-state index is 0.207. The quantitative estimate of drug-likeness (QED) is 0.318. The number of carboxylic acids is 1. The molecule has 0 bridgehead atoms. The minimum Gasteiger partial charge on any atom is -0.478 e. The van der Waals surface area contributed by atoms with Crippen LogP contribution in [0.25, 0.3) is 10.8 Å². The zero-order chi connectivity index (χ0) is 24.5. The zero-order valence-electron chi connectivity index (χ0n) is 20.7. The van der Waals surface area contributed by atoms with Crippen molar-refractivity contribution in [2.75, 3.05) is 6.54 Å². The van der Waals surface area contributed by atoms with Crippen LogP contribution in [0.1, 0.15) is 69.0 Å². The molecule has 0 heterocycles.